The zero-order chi connectivity index (χ0) is 12.8. The Hall–Kier alpha value is -1.80. The Morgan fingerprint density at radius 1 is 1.61 bits per heavy atom. The van der Waals surface area contributed by atoms with Crippen LogP contribution in [0.2, 0.25) is 0 Å². The molecule has 0 radical (unpaired) electrons. The van der Waals surface area contributed by atoms with Gasteiger partial charge in [0.25, 0.3) is 0 Å². The quantitative estimate of drug-likeness (QED) is 0.875. The number of nitrogens with zero attached hydrogens (tertiary/aromatic N) is 3. The average molecular weight is 246 g/mol. The molecule has 18 heavy (non-hydrogen) atoms. The maximum Gasteiger partial charge on any atom is 0.161 e. The van der Waals surface area contributed by atoms with Crippen LogP contribution in [-0.4, -0.2) is 37.3 Å². The number of nitriles is 1. The molecular weight excluding hydrogens is 228 g/mol. The smallest absolute Gasteiger partial charge is 0.161 e. The van der Waals surface area contributed by atoms with Crippen LogP contribution in [0.5, 0.6) is 0 Å². The minimum Gasteiger partial charge on any atom is -0.384 e. The average Bonchev–Trinajstić information content (AvgIpc) is 2.45. The molecule has 2 rings (SSSR count). The first-order valence-corrected chi connectivity index (χ1v) is 6.28. The molecule has 5 heteroatoms. The molecule has 0 saturated carbocycles. The van der Waals surface area contributed by atoms with Crippen LogP contribution in [0.4, 0.5) is 11.4 Å². The summed E-state index contributed by atoms with van der Waals surface area (Å²) in [6, 6.07) is 4.22. The predicted octanol–water partition coefficient (Wildman–Crippen LogP) is 1.63. The highest BCUT2D eigenvalue weighted by atomic mass is 16.5. The van der Waals surface area contributed by atoms with E-state index in [2.05, 4.69) is 34.3 Å². The Labute approximate surface area is 107 Å². The Kier molecular flexibility index (Phi) is 4.37. The fourth-order valence-corrected chi connectivity index (χ4v) is 1.93. The number of pyridine rings is 1. The number of morpholine rings is 1. The third-order valence-corrected chi connectivity index (χ3v) is 2.88. The molecule has 1 aliphatic rings. The fourth-order valence-electron chi connectivity index (χ4n) is 1.93. The van der Waals surface area contributed by atoms with Gasteiger partial charge in [0.1, 0.15) is 0 Å². The summed E-state index contributed by atoms with van der Waals surface area (Å²) in [4.78, 5) is 6.38. The SMILES string of the molecule is CCCNc1cncc(N2CCOC(C#N)C2)c1. The molecule has 1 N–H and O–H groups in total. The van der Waals surface area contributed by atoms with E-state index in [0.717, 1.165) is 30.9 Å². The standard InChI is InChI=1S/C13H18N4O/c1-2-3-16-11-6-12(9-15-8-11)17-4-5-18-13(7-14)10-17/h6,8-9,13,16H,2-5,10H2,1H3. The van der Waals surface area contributed by atoms with Gasteiger partial charge in [0.05, 0.1) is 43.0 Å². The molecule has 1 aromatic heterocycles. The van der Waals surface area contributed by atoms with Crippen molar-refractivity contribution in [2.75, 3.05) is 36.5 Å². The summed E-state index contributed by atoms with van der Waals surface area (Å²) in [6.45, 7) is 5.07. The van der Waals surface area contributed by atoms with Crippen molar-refractivity contribution in [1.29, 1.82) is 5.26 Å². The van der Waals surface area contributed by atoms with Gasteiger partial charge in [0.15, 0.2) is 6.10 Å². The van der Waals surface area contributed by atoms with Crippen molar-refractivity contribution in [2.45, 2.75) is 19.4 Å². The fraction of sp³-hybridized carbons (Fsp3) is 0.538. The highest BCUT2D eigenvalue weighted by molar-refractivity contribution is 5.56. The van der Waals surface area contributed by atoms with Gasteiger partial charge < -0.3 is 15.0 Å². The number of aromatic nitrogens is 1. The first kappa shape index (κ1) is 12.7. The molecule has 1 unspecified atom stereocenters. The lowest BCUT2D eigenvalue weighted by Gasteiger charge is -2.31. The molecule has 96 valence electrons. The number of hydrogen-bond donors (Lipinski definition) is 1. The van der Waals surface area contributed by atoms with E-state index in [9.17, 15) is 0 Å². The second-order valence-electron chi connectivity index (χ2n) is 4.29. The lowest BCUT2D eigenvalue weighted by molar-refractivity contribution is 0.0764. The maximum atomic E-state index is 8.90. The van der Waals surface area contributed by atoms with Gasteiger partial charge in [-0.1, -0.05) is 6.92 Å². The van der Waals surface area contributed by atoms with Crippen molar-refractivity contribution in [3.05, 3.63) is 18.5 Å². The van der Waals surface area contributed by atoms with Gasteiger partial charge in [-0.05, 0) is 12.5 Å². The second kappa shape index (κ2) is 6.22. The summed E-state index contributed by atoms with van der Waals surface area (Å²) in [5.41, 5.74) is 2.06. The first-order valence-electron chi connectivity index (χ1n) is 6.28. The van der Waals surface area contributed by atoms with Gasteiger partial charge in [-0.3, -0.25) is 4.98 Å². The summed E-state index contributed by atoms with van der Waals surface area (Å²) in [6.07, 6.45) is 4.39. The number of rotatable bonds is 4. The topological polar surface area (TPSA) is 61.2 Å². The van der Waals surface area contributed by atoms with Crippen LogP contribution in [0, 0.1) is 11.3 Å². The molecule has 0 aliphatic carbocycles. The third-order valence-electron chi connectivity index (χ3n) is 2.88. The van der Waals surface area contributed by atoms with E-state index in [1.165, 1.54) is 0 Å². The molecule has 1 saturated heterocycles. The molecule has 1 fully saturated rings. The largest absolute Gasteiger partial charge is 0.384 e. The molecule has 0 amide bonds. The van der Waals surface area contributed by atoms with E-state index >= 15 is 0 Å². The zero-order valence-electron chi connectivity index (χ0n) is 10.6. The molecule has 5 nitrogen and oxygen atoms in total. The minimum absolute atomic E-state index is 0.342. The van der Waals surface area contributed by atoms with Crippen molar-refractivity contribution < 1.29 is 4.74 Å². The Bertz CT molecular complexity index is 429. The number of nitrogens with one attached hydrogen (secondary N) is 1. The van der Waals surface area contributed by atoms with Crippen molar-refractivity contribution in [3.63, 3.8) is 0 Å². The van der Waals surface area contributed by atoms with Crippen LogP contribution >= 0.6 is 0 Å². The Morgan fingerprint density at radius 3 is 3.28 bits per heavy atom. The van der Waals surface area contributed by atoms with Gasteiger partial charge in [-0.15, -0.1) is 0 Å². The second-order valence-corrected chi connectivity index (χ2v) is 4.29. The van der Waals surface area contributed by atoms with Gasteiger partial charge >= 0.3 is 0 Å². The van der Waals surface area contributed by atoms with E-state index in [-0.39, 0.29) is 6.10 Å². The molecule has 1 aliphatic heterocycles. The highest BCUT2D eigenvalue weighted by Crippen LogP contribution is 2.20. The summed E-state index contributed by atoms with van der Waals surface area (Å²) in [5, 5.41) is 12.2. The predicted molar refractivity (Wildman–Crippen MR) is 70.6 cm³/mol. The van der Waals surface area contributed by atoms with Gasteiger partial charge in [-0.2, -0.15) is 5.26 Å². The summed E-state index contributed by atoms with van der Waals surface area (Å²) >= 11 is 0. The Morgan fingerprint density at radius 2 is 2.50 bits per heavy atom. The normalized spacial score (nSPS) is 19.3. The zero-order valence-corrected chi connectivity index (χ0v) is 10.6. The van der Waals surface area contributed by atoms with Crippen molar-refractivity contribution in [3.8, 4) is 6.07 Å². The van der Waals surface area contributed by atoms with Gasteiger partial charge in [0.2, 0.25) is 0 Å². The Balaban J connectivity index is 2.05. The van der Waals surface area contributed by atoms with Crippen LogP contribution < -0.4 is 10.2 Å². The van der Waals surface area contributed by atoms with Crippen LogP contribution in [0.15, 0.2) is 18.5 Å². The van der Waals surface area contributed by atoms with E-state index in [4.69, 9.17) is 10.00 Å². The summed E-state index contributed by atoms with van der Waals surface area (Å²) in [5.74, 6) is 0. The number of ether oxygens (including phenoxy) is 1. The summed E-state index contributed by atoms with van der Waals surface area (Å²) < 4.78 is 5.34. The molecular formula is C13H18N4O. The van der Waals surface area contributed by atoms with Crippen molar-refractivity contribution in [1.82, 2.24) is 4.98 Å². The molecule has 0 aromatic carbocycles. The van der Waals surface area contributed by atoms with Crippen LogP contribution in [0.1, 0.15) is 13.3 Å². The minimum atomic E-state index is -0.342. The summed E-state index contributed by atoms with van der Waals surface area (Å²) in [7, 11) is 0. The van der Waals surface area contributed by atoms with E-state index < -0.39 is 0 Å². The highest BCUT2D eigenvalue weighted by Gasteiger charge is 2.20. The van der Waals surface area contributed by atoms with Gasteiger partial charge in [-0.25, -0.2) is 0 Å². The monoisotopic (exact) mass is 246 g/mol. The lowest BCUT2D eigenvalue weighted by atomic mass is 10.2. The molecule has 1 aromatic rings. The van der Waals surface area contributed by atoms with E-state index in [0.29, 0.717) is 13.2 Å². The molecule has 0 bridgehead atoms. The third kappa shape index (κ3) is 3.11. The van der Waals surface area contributed by atoms with Gasteiger partial charge in [0, 0.05) is 13.1 Å². The van der Waals surface area contributed by atoms with Crippen LogP contribution in [-0.2, 0) is 4.74 Å². The van der Waals surface area contributed by atoms with Crippen LogP contribution in [0.3, 0.4) is 0 Å². The molecule has 1 atom stereocenters. The number of anilines is 2. The maximum absolute atomic E-state index is 8.90. The van der Waals surface area contributed by atoms with E-state index in [1.54, 1.807) is 0 Å². The van der Waals surface area contributed by atoms with Crippen molar-refractivity contribution in [2.24, 2.45) is 0 Å². The molecule has 2 heterocycles. The van der Waals surface area contributed by atoms with Crippen LogP contribution in [0.25, 0.3) is 0 Å². The lowest BCUT2D eigenvalue weighted by Crippen LogP contribution is -2.41. The number of hydrogen-bond acceptors (Lipinski definition) is 5. The first-order chi connectivity index (χ1) is 8.83. The van der Waals surface area contributed by atoms with E-state index in [1.807, 2.05) is 12.4 Å². The molecule has 0 spiro atoms. The van der Waals surface area contributed by atoms with Crippen molar-refractivity contribution >= 4 is 11.4 Å².